The summed E-state index contributed by atoms with van der Waals surface area (Å²) in [6.07, 6.45) is -2.95. The van der Waals surface area contributed by atoms with Crippen molar-refractivity contribution < 1.29 is 26.2 Å². The third kappa shape index (κ3) is 3.43. The van der Waals surface area contributed by atoms with Crippen molar-refractivity contribution in [2.24, 2.45) is 0 Å². The number of carbonyl (C=O) groups excluding carboxylic acids is 1. The van der Waals surface area contributed by atoms with Gasteiger partial charge in [0.1, 0.15) is 0 Å². The second-order valence-electron chi connectivity index (χ2n) is 2.71. The van der Waals surface area contributed by atoms with Gasteiger partial charge in [0.2, 0.25) is 0 Å². The van der Waals surface area contributed by atoms with Gasteiger partial charge in [-0.15, -0.1) is 0 Å². The van der Waals surface area contributed by atoms with E-state index in [0.29, 0.717) is 0 Å². The molecule has 0 spiro atoms. The van der Waals surface area contributed by atoms with Crippen LogP contribution in [0.5, 0.6) is 0 Å². The number of halogens is 5. The van der Waals surface area contributed by atoms with Crippen LogP contribution in [0.3, 0.4) is 0 Å². The quantitative estimate of drug-likeness (QED) is 0.723. The molecule has 0 fully saturated rings. The lowest BCUT2D eigenvalue weighted by molar-refractivity contribution is -0.213. The van der Waals surface area contributed by atoms with E-state index in [9.17, 15) is 22.4 Å². The molecule has 84 valence electrons. The van der Waals surface area contributed by atoms with E-state index in [4.69, 9.17) is 0 Å². The first-order valence-corrected chi connectivity index (χ1v) is 4.48. The van der Waals surface area contributed by atoms with Crippen molar-refractivity contribution >= 4 is 22.2 Å². The van der Waals surface area contributed by atoms with Crippen molar-refractivity contribution in [3.05, 3.63) is 0 Å². The highest BCUT2D eigenvalue weighted by molar-refractivity contribution is 9.06. The Morgan fingerprint density at radius 1 is 1.29 bits per heavy atom. The fourth-order valence-corrected chi connectivity index (χ4v) is 0.901. The van der Waals surface area contributed by atoms with Crippen molar-refractivity contribution in [2.45, 2.75) is 38.0 Å². The zero-order chi connectivity index (χ0) is 11.4. The maximum absolute atomic E-state index is 12.7. The van der Waals surface area contributed by atoms with Gasteiger partial charge in [-0.05, 0) is 0 Å². The third-order valence-corrected chi connectivity index (χ3v) is 2.07. The number of alkyl halides is 4. The maximum Gasteiger partial charge on any atom is 0.317 e. The fraction of sp³-hybridized carbons (Fsp3) is 0.857. The predicted octanol–water partition coefficient (Wildman–Crippen LogP) is 3.30. The monoisotopic (exact) mass is 280 g/mol. The van der Waals surface area contributed by atoms with Crippen molar-refractivity contribution in [2.75, 3.05) is 0 Å². The summed E-state index contributed by atoms with van der Waals surface area (Å²) in [7, 11) is 0. The van der Waals surface area contributed by atoms with Gasteiger partial charge in [-0.1, -0.05) is 6.92 Å². The molecule has 0 atom stereocenters. The van der Waals surface area contributed by atoms with E-state index in [2.05, 4.69) is 20.1 Å². The summed E-state index contributed by atoms with van der Waals surface area (Å²) in [5.41, 5.74) is 0. The molecule has 14 heavy (non-hydrogen) atoms. The average Bonchev–Trinajstić information content (AvgIpc) is 2.13. The Morgan fingerprint density at radius 2 is 1.79 bits per heavy atom. The molecule has 0 unspecified atom stereocenters. The molecular formula is C7H9BrF4O2. The Labute approximate surface area is 87.1 Å². The third-order valence-electron chi connectivity index (χ3n) is 1.71. The van der Waals surface area contributed by atoms with E-state index >= 15 is 0 Å². The van der Waals surface area contributed by atoms with Crippen LogP contribution in [-0.2, 0) is 8.62 Å². The maximum atomic E-state index is 12.7. The average molecular weight is 281 g/mol. The zero-order valence-corrected chi connectivity index (χ0v) is 8.91. The summed E-state index contributed by atoms with van der Waals surface area (Å²) in [6, 6.07) is 0. The molecule has 0 aliphatic heterocycles. The molecule has 0 bridgehead atoms. The fourth-order valence-electron chi connectivity index (χ4n) is 0.739. The van der Waals surface area contributed by atoms with Crippen LogP contribution in [0.2, 0.25) is 0 Å². The van der Waals surface area contributed by atoms with Crippen LogP contribution in [-0.4, -0.2) is 17.8 Å². The summed E-state index contributed by atoms with van der Waals surface area (Å²) in [6.45, 7) is 0.955. The van der Waals surface area contributed by atoms with Gasteiger partial charge in [0.25, 0.3) is 0 Å². The molecule has 0 rings (SSSR count). The van der Waals surface area contributed by atoms with E-state index in [1.54, 1.807) is 0 Å². The first-order chi connectivity index (χ1) is 6.27. The normalized spacial score (nSPS) is 12.7. The number of carbonyl (C=O) groups is 1. The van der Waals surface area contributed by atoms with Crippen molar-refractivity contribution in [1.29, 1.82) is 0 Å². The van der Waals surface area contributed by atoms with Crippen LogP contribution in [0.25, 0.3) is 0 Å². The molecule has 0 amide bonds. The smallest absolute Gasteiger partial charge is 0.317 e. The highest BCUT2D eigenvalue weighted by Crippen LogP contribution is 2.40. The van der Waals surface area contributed by atoms with Crippen LogP contribution >= 0.6 is 16.3 Å². The minimum Gasteiger partial charge on any atom is -0.384 e. The van der Waals surface area contributed by atoms with E-state index < -0.39 is 37.1 Å². The van der Waals surface area contributed by atoms with Gasteiger partial charge in [-0.3, -0.25) is 4.79 Å². The molecular weight excluding hydrogens is 272 g/mol. The molecule has 0 aliphatic rings. The molecule has 0 saturated heterocycles. The van der Waals surface area contributed by atoms with Crippen LogP contribution in [0.4, 0.5) is 17.6 Å². The highest BCUT2D eigenvalue weighted by atomic mass is 79.9. The summed E-state index contributed by atoms with van der Waals surface area (Å²) in [4.78, 5) is 10.4. The summed E-state index contributed by atoms with van der Waals surface area (Å²) in [5.74, 6) is -9.26. The predicted molar refractivity (Wildman–Crippen MR) is 44.4 cm³/mol. The lowest BCUT2D eigenvalue weighted by atomic mass is 10.0. The molecule has 0 heterocycles. The molecule has 2 nitrogen and oxygen atoms in total. The molecule has 0 N–H and O–H groups in total. The number of rotatable bonds is 5. The Hall–Kier alpha value is -0.330. The molecule has 0 aliphatic carbocycles. The highest BCUT2D eigenvalue weighted by Gasteiger charge is 2.54. The molecule has 0 radical (unpaired) electrons. The van der Waals surface area contributed by atoms with E-state index in [1.807, 2.05) is 0 Å². The Balaban J connectivity index is 4.27. The Bertz CT molecular complexity index is 208. The molecule has 0 aromatic heterocycles. The van der Waals surface area contributed by atoms with Gasteiger partial charge in [0, 0.05) is 12.8 Å². The van der Waals surface area contributed by atoms with Gasteiger partial charge >= 0.3 is 17.8 Å². The van der Waals surface area contributed by atoms with Crippen molar-refractivity contribution in [1.82, 2.24) is 0 Å². The first kappa shape index (κ1) is 13.7. The second kappa shape index (κ2) is 4.95. The summed E-state index contributed by atoms with van der Waals surface area (Å²) < 4.78 is 54.5. The molecule has 0 aromatic rings. The minimum atomic E-state index is -4.18. The standard InChI is InChI=1S/C7H9BrF4O2/c1-2-6(9,10)7(11,12)4-3-5(13)14-8/h2-4H2,1H3. The lowest BCUT2D eigenvalue weighted by Gasteiger charge is -2.24. The number of hydrogen-bond donors (Lipinski definition) is 0. The van der Waals surface area contributed by atoms with E-state index in [-0.39, 0.29) is 0 Å². The van der Waals surface area contributed by atoms with E-state index in [1.165, 1.54) is 0 Å². The Kier molecular flexibility index (Phi) is 4.83. The zero-order valence-electron chi connectivity index (χ0n) is 7.33. The van der Waals surface area contributed by atoms with Crippen LogP contribution < -0.4 is 0 Å². The van der Waals surface area contributed by atoms with Gasteiger partial charge < -0.3 is 3.83 Å². The lowest BCUT2D eigenvalue weighted by Crippen LogP contribution is -2.40. The largest absolute Gasteiger partial charge is 0.384 e. The van der Waals surface area contributed by atoms with Crippen LogP contribution in [0.15, 0.2) is 0 Å². The van der Waals surface area contributed by atoms with Crippen LogP contribution in [0.1, 0.15) is 26.2 Å². The molecule has 0 aromatic carbocycles. The van der Waals surface area contributed by atoms with Crippen molar-refractivity contribution in [3.63, 3.8) is 0 Å². The van der Waals surface area contributed by atoms with E-state index in [0.717, 1.165) is 6.92 Å². The van der Waals surface area contributed by atoms with Gasteiger partial charge in [-0.2, -0.15) is 17.6 Å². The summed E-state index contributed by atoms with van der Waals surface area (Å²) in [5, 5.41) is 0. The first-order valence-electron chi connectivity index (χ1n) is 3.84. The molecule has 0 saturated carbocycles. The second-order valence-corrected chi connectivity index (χ2v) is 3.04. The van der Waals surface area contributed by atoms with Gasteiger partial charge in [0.05, 0.1) is 6.42 Å². The SMILES string of the molecule is CCC(F)(F)C(F)(F)CCC(=O)OBr. The molecule has 7 heteroatoms. The van der Waals surface area contributed by atoms with Gasteiger partial charge in [-0.25, -0.2) is 0 Å². The van der Waals surface area contributed by atoms with Crippen molar-refractivity contribution in [3.8, 4) is 0 Å². The number of hydrogen-bond acceptors (Lipinski definition) is 2. The Morgan fingerprint density at radius 3 is 2.14 bits per heavy atom. The van der Waals surface area contributed by atoms with Crippen LogP contribution in [0, 0.1) is 0 Å². The summed E-state index contributed by atoms with van der Waals surface area (Å²) >= 11 is 2.27. The topological polar surface area (TPSA) is 26.3 Å². The van der Waals surface area contributed by atoms with Gasteiger partial charge in [0.15, 0.2) is 16.3 Å². The minimum absolute atomic E-state index is 0.756.